The standard InChI is InChI=1S/C11H13FO2S/c1-13-10-3-2-8(12)4-9(10)11(7-15)5-14-6-11/h2-4,15H,5-7H2,1H3. The highest BCUT2D eigenvalue weighted by molar-refractivity contribution is 7.80. The number of methoxy groups -OCH3 is 1. The number of ether oxygens (including phenoxy) is 2. The molecule has 0 spiro atoms. The minimum absolute atomic E-state index is 0.184. The Morgan fingerprint density at radius 3 is 2.73 bits per heavy atom. The van der Waals surface area contributed by atoms with Gasteiger partial charge in [-0.25, -0.2) is 4.39 Å². The lowest BCUT2D eigenvalue weighted by Gasteiger charge is -2.41. The van der Waals surface area contributed by atoms with Crippen LogP contribution >= 0.6 is 12.6 Å². The Hall–Kier alpha value is -0.740. The molecule has 82 valence electrons. The van der Waals surface area contributed by atoms with Crippen molar-refractivity contribution in [2.24, 2.45) is 0 Å². The lowest BCUT2D eigenvalue weighted by atomic mass is 9.80. The third kappa shape index (κ3) is 1.72. The van der Waals surface area contributed by atoms with E-state index < -0.39 is 0 Å². The lowest BCUT2D eigenvalue weighted by molar-refractivity contribution is -0.0481. The summed E-state index contributed by atoms with van der Waals surface area (Å²) in [6.07, 6.45) is 0. The molecule has 1 heterocycles. The molecule has 15 heavy (non-hydrogen) atoms. The van der Waals surface area contributed by atoms with Crippen molar-refractivity contribution < 1.29 is 13.9 Å². The van der Waals surface area contributed by atoms with Gasteiger partial charge in [-0.3, -0.25) is 0 Å². The van der Waals surface area contributed by atoms with Gasteiger partial charge < -0.3 is 9.47 Å². The van der Waals surface area contributed by atoms with Gasteiger partial charge in [0, 0.05) is 11.3 Å². The zero-order valence-electron chi connectivity index (χ0n) is 8.50. The molecule has 2 nitrogen and oxygen atoms in total. The number of benzene rings is 1. The summed E-state index contributed by atoms with van der Waals surface area (Å²) in [6.45, 7) is 1.16. The largest absolute Gasteiger partial charge is 0.496 e. The van der Waals surface area contributed by atoms with Crippen LogP contribution < -0.4 is 4.74 Å². The van der Waals surface area contributed by atoms with E-state index in [1.54, 1.807) is 13.2 Å². The van der Waals surface area contributed by atoms with Gasteiger partial charge in [0.05, 0.1) is 25.7 Å². The van der Waals surface area contributed by atoms with Gasteiger partial charge in [0.2, 0.25) is 0 Å². The van der Waals surface area contributed by atoms with Crippen molar-refractivity contribution in [1.29, 1.82) is 0 Å². The van der Waals surface area contributed by atoms with Crippen LogP contribution in [0, 0.1) is 5.82 Å². The van der Waals surface area contributed by atoms with Gasteiger partial charge in [-0.1, -0.05) is 0 Å². The molecule has 0 aliphatic carbocycles. The van der Waals surface area contributed by atoms with Gasteiger partial charge in [-0.15, -0.1) is 0 Å². The molecule has 0 unspecified atom stereocenters. The number of hydrogen-bond acceptors (Lipinski definition) is 3. The highest BCUT2D eigenvalue weighted by Crippen LogP contribution is 2.39. The molecule has 0 bridgehead atoms. The SMILES string of the molecule is COc1ccc(F)cc1C1(CS)COC1. The second-order valence-corrected chi connectivity index (χ2v) is 4.09. The Morgan fingerprint density at radius 2 is 2.27 bits per heavy atom. The maximum absolute atomic E-state index is 13.2. The molecule has 1 fully saturated rings. The Kier molecular flexibility index (Phi) is 2.89. The number of halogens is 1. The topological polar surface area (TPSA) is 18.5 Å². The van der Waals surface area contributed by atoms with Crippen LogP contribution in [0.5, 0.6) is 5.75 Å². The Bertz CT molecular complexity index is 358. The van der Waals surface area contributed by atoms with E-state index in [-0.39, 0.29) is 11.2 Å². The van der Waals surface area contributed by atoms with Crippen molar-refractivity contribution in [3.63, 3.8) is 0 Å². The molecule has 1 aliphatic heterocycles. The second kappa shape index (κ2) is 4.02. The highest BCUT2D eigenvalue weighted by Gasteiger charge is 2.41. The minimum atomic E-state index is -0.251. The third-order valence-corrected chi connectivity index (χ3v) is 3.40. The summed E-state index contributed by atoms with van der Waals surface area (Å²) < 4.78 is 23.6. The average Bonchev–Trinajstić information content (AvgIpc) is 2.17. The van der Waals surface area contributed by atoms with Crippen LogP contribution in [0.1, 0.15) is 5.56 Å². The highest BCUT2D eigenvalue weighted by atomic mass is 32.1. The molecule has 1 aromatic rings. The van der Waals surface area contributed by atoms with Gasteiger partial charge >= 0.3 is 0 Å². The number of thiol groups is 1. The molecule has 4 heteroatoms. The monoisotopic (exact) mass is 228 g/mol. The van der Waals surface area contributed by atoms with Crippen LogP contribution in [0.3, 0.4) is 0 Å². The second-order valence-electron chi connectivity index (χ2n) is 3.78. The predicted octanol–water partition coefficient (Wildman–Crippen LogP) is 2.03. The smallest absolute Gasteiger partial charge is 0.123 e. The molecular weight excluding hydrogens is 215 g/mol. The van der Waals surface area contributed by atoms with E-state index in [1.807, 2.05) is 0 Å². The molecule has 0 N–H and O–H groups in total. The molecule has 2 rings (SSSR count). The van der Waals surface area contributed by atoms with Crippen molar-refractivity contribution in [3.8, 4) is 5.75 Å². The maximum Gasteiger partial charge on any atom is 0.123 e. The molecule has 1 saturated heterocycles. The Labute approximate surface area is 93.8 Å². The average molecular weight is 228 g/mol. The summed E-state index contributed by atoms with van der Waals surface area (Å²) >= 11 is 4.31. The predicted molar refractivity (Wildman–Crippen MR) is 59.3 cm³/mol. The summed E-state index contributed by atoms with van der Waals surface area (Å²) in [5.41, 5.74) is 0.669. The van der Waals surface area contributed by atoms with Gasteiger partial charge in [-0.05, 0) is 18.2 Å². The molecule has 0 aromatic heterocycles. The van der Waals surface area contributed by atoms with Gasteiger partial charge in [-0.2, -0.15) is 12.6 Å². The molecule has 0 saturated carbocycles. The van der Waals surface area contributed by atoms with Crippen molar-refractivity contribution in [2.75, 3.05) is 26.1 Å². The van der Waals surface area contributed by atoms with E-state index >= 15 is 0 Å². The molecule has 0 atom stereocenters. The van der Waals surface area contributed by atoms with Crippen LogP contribution in [0.25, 0.3) is 0 Å². The van der Waals surface area contributed by atoms with E-state index in [0.717, 1.165) is 5.56 Å². The first-order chi connectivity index (χ1) is 7.22. The third-order valence-electron chi connectivity index (χ3n) is 2.79. The molecular formula is C11H13FO2S. The van der Waals surface area contributed by atoms with Gasteiger partial charge in [0.25, 0.3) is 0 Å². The lowest BCUT2D eigenvalue weighted by Crippen LogP contribution is -2.48. The molecule has 0 radical (unpaired) electrons. The van der Waals surface area contributed by atoms with Gasteiger partial charge in [0.15, 0.2) is 0 Å². The van der Waals surface area contributed by atoms with E-state index in [4.69, 9.17) is 9.47 Å². The summed E-state index contributed by atoms with van der Waals surface area (Å²) in [5, 5.41) is 0. The minimum Gasteiger partial charge on any atom is -0.496 e. The fraction of sp³-hybridized carbons (Fsp3) is 0.455. The first kappa shape index (κ1) is 10.8. The van der Waals surface area contributed by atoms with Crippen LogP contribution in [0.15, 0.2) is 18.2 Å². The number of rotatable bonds is 3. The summed E-state index contributed by atoms with van der Waals surface area (Å²) in [4.78, 5) is 0. The van der Waals surface area contributed by atoms with Crippen molar-refractivity contribution >= 4 is 12.6 Å². The van der Waals surface area contributed by atoms with Crippen molar-refractivity contribution in [2.45, 2.75) is 5.41 Å². The fourth-order valence-electron chi connectivity index (χ4n) is 1.78. The van der Waals surface area contributed by atoms with Crippen molar-refractivity contribution in [1.82, 2.24) is 0 Å². The van der Waals surface area contributed by atoms with E-state index in [9.17, 15) is 4.39 Å². The van der Waals surface area contributed by atoms with Gasteiger partial charge in [0.1, 0.15) is 11.6 Å². The first-order valence-electron chi connectivity index (χ1n) is 4.74. The maximum atomic E-state index is 13.2. The fourth-order valence-corrected chi connectivity index (χ4v) is 2.13. The quantitative estimate of drug-likeness (QED) is 0.798. The Balaban J connectivity index is 2.44. The van der Waals surface area contributed by atoms with E-state index in [0.29, 0.717) is 24.7 Å². The van der Waals surface area contributed by atoms with Crippen LogP contribution in [0.4, 0.5) is 4.39 Å². The van der Waals surface area contributed by atoms with Crippen molar-refractivity contribution in [3.05, 3.63) is 29.6 Å². The van der Waals surface area contributed by atoms with Crippen LogP contribution in [0.2, 0.25) is 0 Å². The normalized spacial score (nSPS) is 18.3. The summed E-state index contributed by atoms with van der Waals surface area (Å²) in [6, 6.07) is 4.56. The van der Waals surface area contributed by atoms with E-state index in [2.05, 4.69) is 12.6 Å². The molecule has 0 amide bonds. The zero-order valence-corrected chi connectivity index (χ0v) is 9.39. The molecule has 1 aromatic carbocycles. The van der Waals surface area contributed by atoms with Crippen LogP contribution in [-0.2, 0) is 10.2 Å². The summed E-state index contributed by atoms with van der Waals surface area (Å²) in [7, 11) is 1.59. The summed E-state index contributed by atoms with van der Waals surface area (Å²) in [5.74, 6) is 1.08. The Morgan fingerprint density at radius 1 is 1.53 bits per heavy atom. The number of hydrogen-bond donors (Lipinski definition) is 1. The molecule has 1 aliphatic rings. The van der Waals surface area contributed by atoms with E-state index in [1.165, 1.54) is 12.1 Å². The zero-order chi connectivity index (χ0) is 10.9. The first-order valence-corrected chi connectivity index (χ1v) is 5.38. The van der Waals surface area contributed by atoms with Crippen LogP contribution in [-0.4, -0.2) is 26.1 Å².